The number of benzene rings is 6. The van der Waals surface area contributed by atoms with Gasteiger partial charge in [0.1, 0.15) is 0 Å². The lowest BCUT2D eigenvalue weighted by molar-refractivity contribution is 0.586. The molecule has 1 nitrogen and oxygen atoms in total. The van der Waals surface area contributed by atoms with Gasteiger partial charge < -0.3 is 4.90 Å². The van der Waals surface area contributed by atoms with Gasteiger partial charge >= 0.3 is 0 Å². The standard InChI is InChI=1S/C21H20.C14H15N.C11H16/c1-17-11-9-10-16-20(17)21(2,18-12-5-3-6-13-18)19-14-7-4-8-15-19;1-12-8-6-7-11-14(12)15(2)13-9-4-3-5-10-13;1-9-7-5-6-8-10(9)11(2,3)4/h3-16H,1-2H3;3-11H,1-2H3;5-8H,1-4H3. The molecule has 0 aliphatic carbocycles. The van der Waals surface area contributed by atoms with Crippen molar-refractivity contribution in [3.8, 4) is 0 Å². The molecule has 0 radical (unpaired) electrons. The van der Waals surface area contributed by atoms with Crippen molar-refractivity contribution in [3.05, 3.63) is 203 Å². The van der Waals surface area contributed by atoms with Gasteiger partial charge in [0.2, 0.25) is 0 Å². The summed E-state index contributed by atoms with van der Waals surface area (Å²) in [4.78, 5) is 2.20. The minimum Gasteiger partial charge on any atom is -0.344 e. The van der Waals surface area contributed by atoms with E-state index in [1.807, 2.05) is 6.07 Å². The first-order valence-corrected chi connectivity index (χ1v) is 16.6. The number of aryl methyl sites for hydroxylation is 3. The van der Waals surface area contributed by atoms with Crippen LogP contribution in [0.1, 0.15) is 66.6 Å². The van der Waals surface area contributed by atoms with Crippen molar-refractivity contribution in [1.82, 2.24) is 0 Å². The zero-order chi connectivity index (χ0) is 33.9. The van der Waals surface area contributed by atoms with Crippen LogP contribution in [-0.4, -0.2) is 7.05 Å². The van der Waals surface area contributed by atoms with Crippen LogP contribution in [0.4, 0.5) is 11.4 Å². The Balaban J connectivity index is 0.000000169. The summed E-state index contributed by atoms with van der Waals surface area (Å²) in [6, 6.07) is 57.6. The average molecular weight is 618 g/mol. The van der Waals surface area contributed by atoms with Crippen molar-refractivity contribution in [2.75, 3.05) is 11.9 Å². The summed E-state index contributed by atoms with van der Waals surface area (Å²) in [5, 5.41) is 0. The van der Waals surface area contributed by atoms with E-state index in [1.54, 1.807) is 0 Å². The van der Waals surface area contributed by atoms with E-state index in [1.165, 1.54) is 50.3 Å². The highest BCUT2D eigenvalue weighted by Gasteiger charge is 2.31. The molecule has 6 aromatic rings. The first-order chi connectivity index (χ1) is 22.5. The summed E-state index contributed by atoms with van der Waals surface area (Å²) >= 11 is 0. The molecule has 240 valence electrons. The van der Waals surface area contributed by atoms with E-state index < -0.39 is 0 Å². The van der Waals surface area contributed by atoms with E-state index in [-0.39, 0.29) is 10.8 Å². The van der Waals surface area contributed by atoms with E-state index in [0.29, 0.717) is 0 Å². The number of nitrogens with zero attached hydrogens (tertiary/aromatic N) is 1. The van der Waals surface area contributed by atoms with Gasteiger partial charge in [-0.2, -0.15) is 0 Å². The normalized spacial score (nSPS) is 11.0. The topological polar surface area (TPSA) is 3.24 Å². The van der Waals surface area contributed by atoms with Crippen LogP contribution in [0.15, 0.2) is 164 Å². The van der Waals surface area contributed by atoms with Crippen LogP contribution < -0.4 is 4.90 Å². The highest BCUT2D eigenvalue weighted by atomic mass is 15.1. The van der Waals surface area contributed by atoms with Gasteiger partial charge in [-0.1, -0.05) is 166 Å². The van der Waals surface area contributed by atoms with Crippen molar-refractivity contribution < 1.29 is 0 Å². The van der Waals surface area contributed by atoms with E-state index in [0.717, 1.165) is 0 Å². The van der Waals surface area contributed by atoms with Crippen LogP contribution in [0.5, 0.6) is 0 Å². The molecule has 1 heteroatoms. The SMILES string of the molecule is Cc1ccccc1C(C)(C)C.Cc1ccccc1C(C)(c1ccccc1)c1ccccc1.Cc1ccccc1N(C)c1ccccc1. The maximum atomic E-state index is 2.32. The molecule has 0 fully saturated rings. The fraction of sp³-hybridized carbons (Fsp3) is 0.217. The second kappa shape index (κ2) is 16.1. The molecule has 47 heavy (non-hydrogen) atoms. The Kier molecular flexibility index (Phi) is 12.0. The number of hydrogen-bond acceptors (Lipinski definition) is 1. The minimum absolute atomic E-state index is 0.131. The summed E-state index contributed by atoms with van der Waals surface area (Å²) in [5.74, 6) is 0. The fourth-order valence-electron chi connectivity index (χ4n) is 6.30. The Hall–Kier alpha value is -4.88. The van der Waals surface area contributed by atoms with Crippen LogP contribution in [0.25, 0.3) is 0 Å². The molecule has 0 aromatic heterocycles. The van der Waals surface area contributed by atoms with Crippen molar-refractivity contribution in [2.24, 2.45) is 0 Å². The molecule has 0 saturated heterocycles. The average Bonchev–Trinajstić information content (AvgIpc) is 3.09. The van der Waals surface area contributed by atoms with Crippen LogP contribution in [-0.2, 0) is 10.8 Å². The summed E-state index contributed by atoms with van der Waals surface area (Å²) < 4.78 is 0. The van der Waals surface area contributed by atoms with Gasteiger partial charge in [0.05, 0.1) is 0 Å². The molecule has 0 heterocycles. The molecule has 0 saturated carbocycles. The van der Waals surface area contributed by atoms with Crippen LogP contribution in [0.2, 0.25) is 0 Å². The number of anilines is 2. The molecule has 0 aliphatic heterocycles. The molecule has 6 aromatic carbocycles. The number of hydrogen-bond donors (Lipinski definition) is 0. The van der Waals surface area contributed by atoms with E-state index in [2.05, 4.69) is 218 Å². The molecular weight excluding hydrogens is 567 g/mol. The molecule has 0 amide bonds. The monoisotopic (exact) mass is 617 g/mol. The second-order valence-corrected chi connectivity index (χ2v) is 13.4. The molecular formula is C46H51N. The first kappa shape index (κ1) is 35.0. The van der Waals surface area contributed by atoms with Gasteiger partial charge in [-0.25, -0.2) is 0 Å². The number of para-hydroxylation sites is 2. The van der Waals surface area contributed by atoms with Gasteiger partial charge in [-0.15, -0.1) is 0 Å². The molecule has 6 rings (SSSR count). The van der Waals surface area contributed by atoms with Crippen molar-refractivity contribution >= 4 is 11.4 Å². The molecule has 0 aliphatic rings. The highest BCUT2D eigenvalue weighted by Crippen LogP contribution is 2.40. The van der Waals surface area contributed by atoms with E-state index >= 15 is 0 Å². The summed E-state index contributed by atoms with van der Waals surface area (Å²) in [5.41, 5.74) is 12.1. The largest absolute Gasteiger partial charge is 0.344 e. The summed E-state index contributed by atoms with van der Waals surface area (Å²) in [6.45, 7) is 15.6. The predicted molar refractivity (Wildman–Crippen MR) is 205 cm³/mol. The lowest BCUT2D eigenvalue weighted by Crippen LogP contribution is -2.26. The first-order valence-electron chi connectivity index (χ1n) is 16.6. The van der Waals surface area contributed by atoms with Crippen LogP contribution in [0.3, 0.4) is 0 Å². The zero-order valence-electron chi connectivity index (χ0n) is 29.5. The maximum absolute atomic E-state index is 2.32. The smallest absolute Gasteiger partial charge is 0.0437 e. The Morgan fingerprint density at radius 3 is 1.15 bits per heavy atom. The third-order valence-corrected chi connectivity index (χ3v) is 8.96. The van der Waals surface area contributed by atoms with Gasteiger partial charge in [0.25, 0.3) is 0 Å². The van der Waals surface area contributed by atoms with Crippen LogP contribution >= 0.6 is 0 Å². The third-order valence-electron chi connectivity index (χ3n) is 8.96. The Bertz CT molecular complexity index is 1760. The van der Waals surface area contributed by atoms with Gasteiger partial charge in [-0.3, -0.25) is 0 Å². The van der Waals surface area contributed by atoms with Crippen LogP contribution in [0, 0.1) is 20.8 Å². The minimum atomic E-state index is -0.131. The lowest BCUT2D eigenvalue weighted by Gasteiger charge is -2.33. The Labute approximate surface area is 284 Å². The lowest BCUT2D eigenvalue weighted by atomic mass is 9.70. The molecule has 0 spiro atoms. The third kappa shape index (κ3) is 8.89. The van der Waals surface area contributed by atoms with Gasteiger partial charge in [-0.05, 0) is 90.3 Å². The molecule has 0 atom stereocenters. The van der Waals surface area contributed by atoms with Crippen molar-refractivity contribution in [3.63, 3.8) is 0 Å². The summed E-state index contributed by atoms with van der Waals surface area (Å²) in [6.07, 6.45) is 0. The quantitative estimate of drug-likeness (QED) is 0.174. The molecule has 0 N–H and O–H groups in total. The highest BCUT2D eigenvalue weighted by molar-refractivity contribution is 5.65. The van der Waals surface area contributed by atoms with Gasteiger partial charge in [0, 0.05) is 23.8 Å². The zero-order valence-corrected chi connectivity index (χ0v) is 29.5. The van der Waals surface area contributed by atoms with Gasteiger partial charge in [0.15, 0.2) is 0 Å². The van der Waals surface area contributed by atoms with E-state index in [9.17, 15) is 0 Å². The van der Waals surface area contributed by atoms with Crippen molar-refractivity contribution in [1.29, 1.82) is 0 Å². The summed E-state index contributed by atoms with van der Waals surface area (Å²) in [7, 11) is 2.09. The fourth-order valence-corrected chi connectivity index (χ4v) is 6.30. The van der Waals surface area contributed by atoms with Crippen molar-refractivity contribution in [2.45, 2.75) is 59.3 Å². The maximum Gasteiger partial charge on any atom is 0.0437 e. The molecule has 0 unspecified atom stereocenters. The Morgan fingerprint density at radius 2 is 0.745 bits per heavy atom. The molecule has 0 bridgehead atoms. The predicted octanol–water partition coefficient (Wildman–Crippen LogP) is 12.4. The number of rotatable bonds is 5. The Morgan fingerprint density at radius 1 is 0.383 bits per heavy atom. The second-order valence-electron chi connectivity index (χ2n) is 13.4. The van der Waals surface area contributed by atoms with E-state index in [4.69, 9.17) is 0 Å².